The van der Waals surface area contributed by atoms with Crippen LogP contribution in [0.4, 0.5) is 5.69 Å². The lowest BCUT2D eigenvalue weighted by molar-refractivity contribution is -0.119. The Morgan fingerprint density at radius 2 is 2.23 bits per heavy atom. The summed E-state index contributed by atoms with van der Waals surface area (Å²) in [6.45, 7) is 1.95. The van der Waals surface area contributed by atoms with E-state index in [0.29, 0.717) is 6.42 Å². The van der Waals surface area contributed by atoms with Crippen LogP contribution in [-0.4, -0.2) is 13.0 Å². The maximum Gasteiger partial charge on any atom is 0.224 e. The van der Waals surface area contributed by atoms with Crippen molar-refractivity contribution in [3.63, 3.8) is 0 Å². The summed E-state index contributed by atoms with van der Waals surface area (Å²) < 4.78 is 0. The van der Waals surface area contributed by atoms with Crippen LogP contribution in [0.1, 0.15) is 11.1 Å². The van der Waals surface area contributed by atoms with Crippen LogP contribution in [0.3, 0.4) is 0 Å². The van der Waals surface area contributed by atoms with Gasteiger partial charge in [0.25, 0.3) is 0 Å². The second-order valence-electron chi connectivity index (χ2n) is 3.04. The molecule has 0 saturated carbocycles. The third kappa shape index (κ3) is 2.47. The summed E-state index contributed by atoms with van der Waals surface area (Å²) in [5, 5.41) is 2.59. The topological polar surface area (TPSA) is 55.1 Å². The highest BCUT2D eigenvalue weighted by Crippen LogP contribution is 2.12. The lowest BCUT2D eigenvalue weighted by Crippen LogP contribution is -2.20. The van der Waals surface area contributed by atoms with E-state index in [-0.39, 0.29) is 5.91 Å². The molecule has 0 aliphatic carbocycles. The first-order valence-electron chi connectivity index (χ1n) is 4.19. The number of hydrogen-bond acceptors (Lipinski definition) is 2. The first-order valence-corrected chi connectivity index (χ1v) is 4.19. The smallest absolute Gasteiger partial charge is 0.224 e. The second-order valence-corrected chi connectivity index (χ2v) is 3.04. The molecule has 0 aromatic heterocycles. The van der Waals surface area contributed by atoms with Gasteiger partial charge >= 0.3 is 0 Å². The molecule has 0 aliphatic rings. The van der Waals surface area contributed by atoms with Gasteiger partial charge in [-0.1, -0.05) is 6.07 Å². The van der Waals surface area contributed by atoms with Crippen molar-refractivity contribution in [3.05, 3.63) is 29.3 Å². The van der Waals surface area contributed by atoms with Crippen LogP contribution >= 0.6 is 0 Å². The molecule has 0 bridgehead atoms. The Kier molecular flexibility index (Phi) is 2.90. The highest BCUT2D eigenvalue weighted by Gasteiger charge is 2.03. The van der Waals surface area contributed by atoms with E-state index in [0.717, 1.165) is 16.8 Å². The summed E-state index contributed by atoms with van der Waals surface area (Å²) in [5.41, 5.74) is 8.41. The average Bonchev–Trinajstić information content (AvgIpc) is 2.09. The standard InChI is InChI=1S/C10H14N2O/c1-7-5-9(11)4-3-8(7)6-10(13)12-2/h3-5H,6,11H2,1-2H3,(H,12,13). The maximum absolute atomic E-state index is 11.1. The van der Waals surface area contributed by atoms with Gasteiger partial charge in [0.05, 0.1) is 6.42 Å². The molecule has 0 heterocycles. The molecular formula is C10H14N2O. The van der Waals surface area contributed by atoms with E-state index >= 15 is 0 Å². The minimum atomic E-state index is 0.0212. The molecule has 3 heteroatoms. The van der Waals surface area contributed by atoms with E-state index in [1.807, 2.05) is 25.1 Å². The van der Waals surface area contributed by atoms with Gasteiger partial charge in [0.2, 0.25) is 5.91 Å². The Hall–Kier alpha value is -1.51. The van der Waals surface area contributed by atoms with Crippen LogP contribution in [0.15, 0.2) is 18.2 Å². The van der Waals surface area contributed by atoms with E-state index < -0.39 is 0 Å². The number of rotatable bonds is 2. The average molecular weight is 178 g/mol. The number of aryl methyl sites for hydroxylation is 1. The largest absolute Gasteiger partial charge is 0.399 e. The fraction of sp³-hybridized carbons (Fsp3) is 0.300. The Morgan fingerprint density at radius 3 is 2.77 bits per heavy atom. The van der Waals surface area contributed by atoms with Crippen molar-refractivity contribution in [3.8, 4) is 0 Å². The lowest BCUT2D eigenvalue weighted by Gasteiger charge is -2.05. The molecule has 1 aromatic carbocycles. The van der Waals surface area contributed by atoms with Crippen molar-refractivity contribution in [1.29, 1.82) is 0 Å². The molecule has 0 saturated heterocycles. The Balaban J connectivity index is 2.83. The molecule has 1 aromatic rings. The van der Waals surface area contributed by atoms with Gasteiger partial charge in [-0.05, 0) is 30.2 Å². The van der Waals surface area contributed by atoms with E-state index in [1.165, 1.54) is 0 Å². The van der Waals surface area contributed by atoms with Gasteiger partial charge < -0.3 is 11.1 Å². The number of carbonyl (C=O) groups is 1. The monoisotopic (exact) mass is 178 g/mol. The zero-order chi connectivity index (χ0) is 9.84. The SMILES string of the molecule is CNC(=O)Cc1ccc(N)cc1C. The van der Waals surface area contributed by atoms with Crippen LogP contribution in [0.5, 0.6) is 0 Å². The quantitative estimate of drug-likeness (QED) is 0.660. The summed E-state index contributed by atoms with van der Waals surface area (Å²) in [5.74, 6) is 0.0212. The normalized spacial score (nSPS) is 9.69. The fourth-order valence-electron chi connectivity index (χ4n) is 1.18. The van der Waals surface area contributed by atoms with E-state index in [4.69, 9.17) is 5.73 Å². The molecular weight excluding hydrogens is 164 g/mol. The highest BCUT2D eigenvalue weighted by atomic mass is 16.1. The highest BCUT2D eigenvalue weighted by molar-refractivity contribution is 5.78. The lowest BCUT2D eigenvalue weighted by atomic mass is 10.0. The minimum absolute atomic E-state index is 0.0212. The molecule has 0 radical (unpaired) electrons. The Labute approximate surface area is 77.9 Å². The van der Waals surface area contributed by atoms with E-state index in [1.54, 1.807) is 7.05 Å². The molecule has 70 valence electrons. The molecule has 0 unspecified atom stereocenters. The van der Waals surface area contributed by atoms with Gasteiger partial charge in [-0.2, -0.15) is 0 Å². The number of hydrogen-bond donors (Lipinski definition) is 2. The molecule has 3 nitrogen and oxygen atoms in total. The molecule has 0 atom stereocenters. The first kappa shape index (κ1) is 9.58. The van der Waals surface area contributed by atoms with Crippen LogP contribution in [0.2, 0.25) is 0 Å². The van der Waals surface area contributed by atoms with Crippen molar-refractivity contribution in [1.82, 2.24) is 5.32 Å². The van der Waals surface area contributed by atoms with Crippen molar-refractivity contribution < 1.29 is 4.79 Å². The van der Waals surface area contributed by atoms with Crippen molar-refractivity contribution in [2.75, 3.05) is 12.8 Å². The Bertz CT molecular complexity index is 321. The van der Waals surface area contributed by atoms with Crippen LogP contribution in [0.25, 0.3) is 0 Å². The van der Waals surface area contributed by atoms with Crippen molar-refractivity contribution in [2.24, 2.45) is 0 Å². The Morgan fingerprint density at radius 1 is 1.54 bits per heavy atom. The molecule has 13 heavy (non-hydrogen) atoms. The third-order valence-electron chi connectivity index (χ3n) is 2.00. The second kappa shape index (κ2) is 3.94. The van der Waals surface area contributed by atoms with Gasteiger partial charge in [0, 0.05) is 12.7 Å². The summed E-state index contributed by atoms with van der Waals surface area (Å²) in [4.78, 5) is 11.1. The summed E-state index contributed by atoms with van der Waals surface area (Å²) in [6, 6.07) is 5.57. The van der Waals surface area contributed by atoms with Gasteiger partial charge in [-0.15, -0.1) is 0 Å². The van der Waals surface area contributed by atoms with Crippen LogP contribution in [-0.2, 0) is 11.2 Å². The number of nitrogen functional groups attached to an aromatic ring is 1. The van der Waals surface area contributed by atoms with Gasteiger partial charge in [-0.3, -0.25) is 4.79 Å². The molecule has 0 spiro atoms. The number of carbonyl (C=O) groups excluding carboxylic acids is 1. The first-order chi connectivity index (χ1) is 6.13. The number of nitrogens with two attached hydrogens (primary N) is 1. The molecule has 3 N–H and O–H groups in total. The zero-order valence-corrected chi connectivity index (χ0v) is 7.92. The van der Waals surface area contributed by atoms with Gasteiger partial charge in [0.1, 0.15) is 0 Å². The van der Waals surface area contributed by atoms with Crippen molar-refractivity contribution >= 4 is 11.6 Å². The van der Waals surface area contributed by atoms with Gasteiger partial charge in [0.15, 0.2) is 0 Å². The van der Waals surface area contributed by atoms with Crippen molar-refractivity contribution in [2.45, 2.75) is 13.3 Å². The van der Waals surface area contributed by atoms with E-state index in [2.05, 4.69) is 5.32 Å². The minimum Gasteiger partial charge on any atom is -0.399 e. The van der Waals surface area contributed by atoms with Crippen LogP contribution < -0.4 is 11.1 Å². The summed E-state index contributed by atoms with van der Waals surface area (Å²) in [7, 11) is 1.63. The summed E-state index contributed by atoms with van der Waals surface area (Å²) in [6.07, 6.45) is 0.419. The summed E-state index contributed by atoms with van der Waals surface area (Å²) >= 11 is 0. The molecule has 0 aliphatic heterocycles. The number of anilines is 1. The molecule has 0 fully saturated rings. The number of likely N-dealkylation sites (N-methyl/N-ethyl adjacent to an activating group) is 1. The third-order valence-corrected chi connectivity index (χ3v) is 2.00. The zero-order valence-electron chi connectivity index (χ0n) is 7.92. The predicted molar refractivity (Wildman–Crippen MR) is 53.4 cm³/mol. The number of nitrogens with one attached hydrogen (secondary N) is 1. The predicted octanol–water partition coefficient (Wildman–Crippen LogP) is 0.866. The van der Waals surface area contributed by atoms with E-state index in [9.17, 15) is 4.79 Å². The van der Waals surface area contributed by atoms with Gasteiger partial charge in [-0.25, -0.2) is 0 Å². The van der Waals surface area contributed by atoms with Crippen LogP contribution in [0, 0.1) is 6.92 Å². The maximum atomic E-state index is 11.1. The number of benzene rings is 1. The number of amides is 1. The molecule has 1 amide bonds. The molecule has 1 rings (SSSR count). The fourth-order valence-corrected chi connectivity index (χ4v) is 1.18.